The number of imide groups is 1. The quantitative estimate of drug-likeness (QED) is 0.653. The fourth-order valence-electron chi connectivity index (χ4n) is 1.61. The SMILES string of the molecule is O=C(O)CCCCC(=O)NC(=O)NCc1ccccc1Br. The summed E-state index contributed by atoms with van der Waals surface area (Å²) in [7, 11) is 0. The number of amides is 3. The monoisotopic (exact) mass is 356 g/mol. The maximum absolute atomic E-state index is 11.5. The molecule has 0 aliphatic carbocycles. The van der Waals surface area contributed by atoms with Crippen molar-refractivity contribution in [3.63, 3.8) is 0 Å². The molecule has 0 atom stereocenters. The van der Waals surface area contributed by atoms with Crippen LogP contribution < -0.4 is 10.6 Å². The van der Waals surface area contributed by atoms with Gasteiger partial charge in [-0.25, -0.2) is 4.79 Å². The van der Waals surface area contributed by atoms with Crippen molar-refractivity contribution in [3.05, 3.63) is 34.3 Å². The molecule has 0 aromatic heterocycles. The lowest BCUT2D eigenvalue weighted by Crippen LogP contribution is -2.39. The Balaban J connectivity index is 2.22. The van der Waals surface area contributed by atoms with Crippen LogP contribution in [0.15, 0.2) is 28.7 Å². The maximum Gasteiger partial charge on any atom is 0.321 e. The molecule has 0 aliphatic rings. The van der Waals surface area contributed by atoms with E-state index in [0.717, 1.165) is 10.0 Å². The first-order valence-electron chi connectivity index (χ1n) is 6.52. The zero-order valence-electron chi connectivity index (χ0n) is 11.4. The van der Waals surface area contributed by atoms with Crippen LogP contribution in [0.4, 0.5) is 4.79 Å². The minimum absolute atomic E-state index is 0.0293. The Morgan fingerprint density at radius 1 is 1.10 bits per heavy atom. The Hall–Kier alpha value is -1.89. The van der Waals surface area contributed by atoms with E-state index in [2.05, 4.69) is 26.6 Å². The molecule has 0 heterocycles. The third-order valence-electron chi connectivity index (χ3n) is 2.69. The molecule has 114 valence electrons. The molecule has 0 fully saturated rings. The molecule has 1 rings (SSSR count). The van der Waals surface area contributed by atoms with Gasteiger partial charge in [0, 0.05) is 23.9 Å². The van der Waals surface area contributed by atoms with E-state index < -0.39 is 17.9 Å². The van der Waals surface area contributed by atoms with Crippen molar-refractivity contribution >= 4 is 33.8 Å². The molecule has 0 saturated carbocycles. The maximum atomic E-state index is 11.5. The molecule has 21 heavy (non-hydrogen) atoms. The van der Waals surface area contributed by atoms with Gasteiger partial charge in [0.1, 0.15) is 0 Å². The zero-order valence-corrected chi connectivity index (χ0v) is 13.0. The highest BCUT2D eigenvalue weighted by Gasteiger charge is 2.08. The van der Waals surface area contributed by atoms with Gasteiger partial charge >= 0.3 is 12.0 Å². The average Bonchev–Trinajstić information content (AvgIpc) is 2.42. The number of unbranched alkanes of at least 4 members (excludes halogenated alkanes) is 1. The predicted molar refractivity (Wildman–Crippen MR) is 80.6 cm³/mol. The number of carbonyl (C=O) groups excluding carboxylic acids is 2. The number of hydrogen-bond acceptors (Lipinski definition) is 3. The van der Waals surface area contributed by atoms with E-state index in [-0.39, 0.29) is 12.8 Å². The van der Waals surface area contributed by atoms with E-state index in [1.807, 2.05) is 24.3 Å². The van der Waals surface area contributed by atoms with Gasteiger partial charge < -0.3 is 10.4 Å². The Bertz CT molecular complexity index is 519. The van der Waals surface area contributed by atoms with Crippen molar-refractivity contribution in [2.75, 3.05) is 0 Å². The number of benzene rings is 1. The Morgan fingerprint density at radius 2 is 1.76 bits per heavy atom. The highest BCUT2D eigenvalue weighted by Crippen LogP contribution is 2.15. The van der Waals surface area contributed by atoms with Crippen LogP contribution in [-0.4, -0.2) is 23.0 Å². The van der Waals surface area contributed by atoms with Gasteiger partial charge in [-0.2, -0.15) is 0 Å². The third kappa shape index (κ3) is 7.45. The van der Waals surface area contributed by atoms with Crippen molar-refractivity contribution in [1.29, 1.82) is 0 Å². The number of hydrogen-bond donors (Lipinski definition) is 3. The summed E-state index contributed by atoms with van der Waals surface area (Å²) >= 11 is 3.36. The molecule has 0 radical (unpaired) electrons. The van der Waals surface area contributed by atoms with Crippen molar-refractivity contribution in [2.45, 2.75) is 32.2 Å². The summed E-state index contributed by atoms with van der Waals surface area (Å²) in [5.74, 6) is -1.30. The molecule has 0 unspecified atom stereocenters. The van der Waals surface area contributed by atoms with Crippen molar-refractivity contribution < 1.29 is 19.5 Å². The van der Waals surface area contributed by atoms with Gasteiger partial charge in [-0.05, 0) is 24.5 Å². The van der Waals surface area contributed by atoms with Gasteiger partial charge in [-0.3, -0.25) is 14.9 Å². The lowest BCUT2D eigenvalue weighted by molar-refractivity contribution is -0.137. The number of rotatable bonds is 7. The summed E-state index contributed by atoms with van der Waals surface area (Å²) in [5.41, 5.74) is 0.904. The number of carboxylic acids is 1. The second-order valence-corrected chi connectivity index (χ2v) is 5.28. The van der Waals surface area contributed by atoms with Crippen LogP contribution in [0.3, 0.4) is 0 Å². The van der Waals surface area contributed by atoms with Crippen LogP contribution in [-0.2, 0) is 16.1 Å². The topological polar surface area (TPSA) is 95.5 Å². The Morgan fingerprint density at radius 3 is 2.43 bits per heavy atom. The van der Waals surface area contributed by atoms with E-state index >= 15 is 0 Å². The fraction of sp³-hybridized carbons (Fsp3) is 0.357. The number of urea groups is 1. The summed E-state index contributed by atoms with van der Waals surface area (Å²) < 4.78 is 0.880. The van der Waals surface area contributed by atoms with E-state index in [0.29, 0.717) is 19.4 Å². The van der Waals surface area contributed by atoms with Gasteiger partial charge in [0.15, 0.2) is 0 Å². The summed E-state index contributed by atoms with van der Waals surface area (Å²) in [4.78, 5) is 33.3. The molecular weight excluding hydrogens is 340 g/mol. The van der Waals surface area contributed by atoms with Crippen LogP contribution >= 0.6 is 15.9 Å². The van der Waals surface area contributed by atoms with Gasteiger partial charge in [0.05, 0.1) is 0 Å². The fourth-order valence-corrected chi connectivity index (χ4v) is 2.04. The highest BCUT2D eigenvalue weighted by atomic mass is 79.9. The summed E-state index contributed by atoms with van der Waals surface area (Å²) in [6.07, 6.45) is 1.02. The first kappa shape index (κ1) is 17.2. The molecule has 1 aromatic rings. The predicted octanol–water partition coefficient (Wildman–Crippen LogP) is 2.42. The minimum atomic E-state index is -0.887. The smallest absolute Gasteiger partial charge is 0.321 e. The molecule has 3 N–H and O–H groups in total. The first-order valence-corrected chi connectivity index (χ1v) is 7.31. The first-order chi connectivity index (χ1) is 9.99. The average molecular weight is 357 g/mol. The number of aliphatic carboxylic acids is 1. The van der Waals surface area contributed by atoms with E-state index in [4.69, 9.17) is 5.11 Å². The molecule has 0 bridgehead atoms. The van der Waals surface area contributed by atoms with Gasteiger partial charge in [0.25, 0.3) is 0 Å². The molecule has 3 amide bonds. The van der Waals surface area contributed by atoms with Crippen molar-refractivity contribution in [3.8, 4) is 0 Å². The minimum Gasteiger partial charge on any atom is -0.481 e. The standard InChI is InChI=1S/C14H17BrN2O4/c15-11-6-2-1-5-10(11)9-16-14(21)17-12(18)7-3-4-8-13(19)20/h1-2,5-6H,3-4,7-9H2,(H,19,20)(H2,16,17,18,21). The van der Waals surface area contributed by atoms with Gasteiger partial charge in [0.2, 0.25) is 5.91 Å². The largest absolute Gasteiger partial charge is 0.481 e. The summed E-state index contributed by atoms with van der Waals surface area (Å²) in [6, 6.07) is 6.89. The molecule has 7 heteroatoms. The number of nitrogens with one attached hydrogen (secondary N) is 2. The summed E-state index contributed by atoms with van der Waals surface area (Å²) in [5, 5.41) is 13.2. The van der Waals surface area contributed by atoms with Crippen LogP contribution in [0, 0.1) is 0 Å². The highest BCUT2D eigenvalue weighted by molar-refractivity contribution is 9.10. The number of halogens is 1. The van der Waals surface area contributed by atoms with Crippen LogP contribution in [0.5, 0.6) is 0 Å². The summed E-state index contributed by atoms with van der Waals surface area (Å²) in [6.45, 7) is 0.305. The molecule has 0 saturated heterocycles. The van der Waals surface area contributed by atoms with Crippen molar-refractivity contribution in [2.24, 2.45) is 0 Å². The normalized spacial score (nSPS) is 9.95. The second kappa shape index (κ2) is 9.12. The lowest BCUT2D eigenvalue weighted by Gasteiger charge is -2.08. The molecule has 0 aliphatic heterocycles. The van der Waals surface area contributed by atoms with Crippen LogP contribution in [0.2, 0.25) is 0 Å². The van der Waals surface area contributed by atoms with Crippen LogP contribution in [0.1, 0.15) is 31.2 Å². The van der Waals surface area contributed by atoms with Crippen LogP contribution in [0.25, 0.3) is 0 Å². The Kier molecular flexibility index (Phi) is 7.45. The van der Waals surface area contributed by atoms with E-state index in [1.165, 1.54) is 0 Å². The van der Waals surface area contributed by atoms with Gasteiger partial charge in [-0.1, -0.05) is 34.1 Å². The molecule has 6 nitrogen and oxygen atoms in total. The van der Waals surface area contributed by atoms with E-state index in [9.17, 15) is 14.4 Å². The Labute approximate surface area is 131 Å². The van der Waals surface area contributed by atoms with Gasteiger partial charge in [-0.15, -0.1) is 0 Å². The van der Waals surface area contributed by atoms with Crippen molar-refractivity contribution in [1.82, 2.24) is 10.6 Å². The number of carbonyl (C=O) groups is 3. The second-order valence-electron chi connectivity index (χ2n) is 4.42. The molecule has 0 spiro atoms. The third-order valence-corrected chi connectivity index (χ3v) is 3.47. The molecular formula is C14H17BrN2O4. The zero-order chi connectivity index (χ0) is 15.7. The number of carboxylic acid groups (broad SMARTS) is 1. The lowest BCUT2D eigenvalue weighted by atomic mass is 10.2. The molecule has 1 aromatic carbocycles. The van der Waals surface area contributed by atoms with E-state index in [1.54, 1.807) is 0 Å².